The normalized spacial score (nSPS) is 11.8. The highest BCUT2D eigenvalue weighted by Gasteiger charge is 2.19. The Kier molecular flexibility index (Phi) is 4.90. The zero-order valence-electron chi connectivity index (χ0n) is 9.62. The summed E-state index contributed by atoms with van der Waals surface area (Å²) >= 11 is 11.9. The molecule has 0 aliphatic carbocycles. The molecule has 0 amide bonds. The zero-order valence-corrected chi connectivity index (χ0v) is 11.1. The van der Waals surface area contributed by atoms with E-state index in [-0.39, 0.29) is 5.02 Å². The van der Waals surface area contributed by atoms with E-state index in [0.29, 0.717) is 16.5 Å². The quantitative estimate of drug-likeness (QED) is 0.795. The summed E-state index contributed by atoms with van der Waals surface area (Å²) < 4.78 is 14.9. The first kappa shape index (κ1) is 13.9. The van der Waals surface area contributed by atoms with Crippen LogP contribution in [0.1, 0.15) is 6.92 Å². The molecule has 0 aliphatic rings. The molecule has 0 saturated carbocycles. The number of ether oxygens (including phenoxy) is 3. The van der Waals surface area contributed by atoms with Crippen LogP contribution in [0, 0.1) is 0 Å². The molecule has 94 valence electrons. The maximum Gasteiger partial charge on any atom is 0.346 e. The number of esters is 1. The van der Waals surface area contributed by atoms with Crippen molar-refractivity contribution in [2.45, 2.75) is 13.0 Å². The van der Waals surface area contributed by atoms with E-state index >= 15 is 0 Å². The van der Waals surface area contributed by atoms with Crippen LogP contribution >= 0.6 is 23.2 Å². The Bertz CT molecular complexity index is 420. The predicted octanol–water partition coefficient (Wildman–Crippen LogP) is 2.94. The van der Waals surface area contributed by atoms with Gasteiger partial charge in [-0.25, -0.2) is 4.79 Å². The Morgan fingerprint density at radius 3 is 2.47 bits per heavy atom. The molecule has 1 unspecified atom stereocenters. The number of carbonyl (C=O) groups excluding carboxylic acids is 1. The van der Waals surface area contributed by atoms with Gasteiger partial charge in [0.05, 0.1) is 19.2 Å². The van der Waals surface area contributed by atoms with E-state index in [1.807, 2.05) is 0 Å². The third kappa shape index (κ3) is 3.17. The van der Waals surface area contributed by atoms with Gasteiger partial charge in [0.15, 0.2) is 11.9 Å². The van der Waals surface area contributed by atoms with Crippen molar-refractivity contribution in [1.82, 2.24) is 0 Å². The van der Waals surface area contributed by atoms with Gasteiger partial charge in [0.25, 0.3) is 0 Å². The van der Waals surface area contributed by atoms with Gasteiger partial charge in [0, 0.05) is 0 Å². The Morgan fingerprint density at radius 2 is 1.94 bits per heavy atom. The molecule has 1 aromatic carbocycles. The van der Waals surface area contributed by atoms with E-state index in [0.717, 1.165) is 0 Å². The van der Waals surface area contributed by atoms with Crippen molar-refractivity contribution in [3.05, 3.63) is 22.2 Å². The molecule has 0 bridgehead atoms. The van der Waals surface area contributed by atoms with E-state index in [1.165, 1.54) is 14.2 Å². The van der Waals surface area contributed by atoms with Crippen LogP contribution in [0.3, 0.4) is 0 Å². The lowest BCUT2D eigenvalue weighted by Gasteiger charge is -2.15. The molecule has 1 atom stereocenters. The second-order valence-electron chi connectivity index (χ2n) is 3.18. The van der Waals surface area contributed by atoms with Crippen LogP contribution in [0.25, 0.3) is 0 Å². The van der Waals surface area contributed by atoms with Crippen molar-refractivity contribution in [2.24, 2.45) is 0 Å². The molecule has 4 nitrogen and oxygen atoms in total. The van der Waals surface area contributed by atoms with Gasteiger partial charge in [-0.1, -0.05) is 23.2 Å². The van der Waals surface area contributed by atoms with Gasteiger partial charge in [-0.05, 0) is 19.1 Å². The fourth-order valence-electron chi connectivity index (χ4n) is 1.20. The summed E-state index contributed by atoms with van der Waals surface area (Å²) in [7, 11) is 2.73. The molecule has 17 heavy (non-hydrogen) atoms. The van der Waals surface area contributed by atoms with E-state index in [2.05, 4.69) is 4.74 Å². The van der Waals surface area contributed by atoms with Crippen LogP contribution < -0.4 is 9.47 Å². The lowest BCUT2D eigenvalue weighted by molar-refractivity contribution is -0.147. The van der Waals surface area contributed by atoms with Crippen molar-refractivity contribution in [3.63, 3.8) is 0 Å². The van der Waals surface area contributed by atoms with E-state index in [1.54, 1.807) is 19.1 Å². The molecule has 0 N–H and O–H groups in total. The van der Waals surface area contributed by atoms with E-state index in [9.17, 15) is 4.79 Å². The summed E-state index contributed by atoms with van der Waals surface area (Å²) in [6, 6.07) is 3.14. The Labute approximate surface area is 109 Å². The maximum atomic E-state index is 11.2. The van der Waals surface area contributed by atoms with Crippen LogP contribution in [-0.2, 0) is 9.53 Å². The molecule has 6 heteroatoms. The van der Waals surface area contributed by atoms with Gasteiger partial charge in [-0.2, -0.15) is 0 Å². The first-order chi connectivity index (χ1) is 8.01. The molecule has 0 aromatic heterocycles. The molecule has 0 spiro atoms. The summed E-state index contributed by atoms with van der Waals surface area (Å²) in [5.41, 5.74) is 0. The number of carbonyl (C=O) groups is 1. The summed E-state index contributed by atoms with van der Waals surface area (Å²) in [6.45, 7) is 1.56. The van der Waals surface area contributed by atoms with E-state index in [4.69, 9.17) is 32.7 Å². The van der Waals surface area contributed by atoms with Crippen molar-refractivity contribution >= 4 is 29.2 Å². The van der Waals surface area contributed by atoms with Crippen molar-refractivity contribution in [3.8, 4) is 11.5 Å². The molecular formula is C11H12Cl2O4. The Hall–Kier alpha value is -1.13. The van der Waals surface area contributed by atoms with Crippen LogP contribution in [0.4, 0.5) is 0 Å². The predicted molar refractivity (Wildman–Crippen MR) is 65.1 cm³/mol. The monoisotopic (exact) mass is 278 g/mol. The van der Waals surface area contributed by atoms with Crippen molar-refractivity contribution in [2.75, 3.05) is 14.2 Å². The van der Waals surface area contributed by atoms with Gasteiger partial charge in [-0.3, -0.25) is 0 Å². The highest BCUT2D eigenvalue weighted by atomic mass is 35.5. The minimum Gasteiger partial charge on any atom is -0.493 e. The van der Waals surface area contributed by atoms with Gasteiger partial charge in [0.1, 0.15) is 10.8 Å². The second kappa shape index (κ2) is 5.98. The maximum absolute atomic E-state index is 11.2. The van der Waals surface area contributed by atoms with Crippen LogP contribution in [0.15, 0.2) is 12.1 Å². The Morgan fingerprint density at radius 1 is 1.29 bits per heavy atom. The average Bonchev–Trinajstić information content (AvgIpc) is 2.32. The molecule has 1 aromatic rings. The molecule has 0 saturated heterocycles. The first-order valence-electron chi connectivity index (χ1n) is 4.77. The highest BCUT2D eigenvalue weighted by molar-refractivity contribution is 6.38. The number of hydrogen-bond donors (Lipinski definition) is 0. The molecule has 0 aliphatic heterocycles. The van der Waals surface area contributed by atoms with Crippen LogP contribution in [-0.4, -0.2) is 26.3 Å². The fraction of sp³-hybridized carbons (Fsp3) is 0.364. The van der Waals surface area contributed by atoms with Gasteiger partial charge >= 0.3 is 5.97 Å². The number of methoxy groups -OCH3 is 2. The van der Waals surface area contributed by atoms with Crippen molar-refractivity contribution in [1.29, 1.82) is 0 Å². The van der Waals surface area contributed by atoms with Crippen LogP contribution in [0.5, 0.6) is 11.5 Å². The molecule has 1 rings (SSSR count). The number of halogens is 2. The first-order valence-corrected chi connectivity index (χ1v) is 5.53. The van der Waals surface area contributed by atoms with Gasteiger partial charge in [0.2, 0.25) is 0 Å². The zero-order chi connectivity index (χ0) is 13.0. The molecule has 0 radical (unpaired) electrons. The molecule has 0 fully saturated rings. The largest absolute Gasteiger partial charge is 0.493 e. The molecule has 0 heterocycles. The topological polar surface area (TPSA) is 44.8 Å². The minimum absolute atomic E-state index is 0.218. The lowest BCUT2D eigenvalue weighted by atomic mass is 10.3. The number of hydrogen-bond acceptors (Lipinski definition) is 4. The SMILES string of the molecule is COC(=O)C(C)Oc1ccc(Cl)c(OC)c1Cl. The third-order valence-corrected chi connectivity index (χ3v) is 2.71. The van der Waals surface area contributed by atoms with Crippen molar-refractivity contribution < 1.29 is 19.0 Å². The molecular weight excluding hydrogens is 267 g/mol. The smallest absolute Gasteiger partial charge is 0.346 e. The highest BCUT2D eigenvalue weighted by Crippen LogP contribution is 2.39. The summed E-state index contributed by atoms with van der Waals surface area (Å²) in [5, 5.41) is 0.589. The average molecular weight is 279 g/mol. The van der Waals surface area contributed by atoms with Crippen LogP contribution in [0.2, 0.25) is 10.0 Å². The van der Waals surface area contributed by atoms with Gasteiger partial charge in [-0.15, -0.1) is 0 Å². The van der Waals surface area contributed by atoms with Gasteiger partial charge < -0.3 is 14.2 Å². The number of benzene rings is 1. The second-order valence-corrected chi connectivity index (χ2v) is 3.96. The Balaban J connectivity index is 2.96. The van der Waals surface area contributed by atoms with E-state index < -0.39 is 12.1 Å². The standard InChI is InChI=1S/C11H12Cl2O4/c1-6(11(14)16-3)17-8-5-4-7(12)10(15-2)9(8)13/h4-6H,1-3H3. The lowest BCUT2D eigenvalue weighted by Crippen LogP contribution is -2.25. The summed E-state index contributed by atoms with van der Waals surface area (Å²) in [4.78, 5) is 11.2. The third-order valence-electron chi connectivity index (χ3n) is 2.05. The minimum atomic E-state index is -0.761. The fourth-order valence-corrected chi connectivity index (χ4v) is 1.77. The number of rotatable bonds is 4. The summed E-state index contributed by atoms with van der Waals surface area (Å²) in [5.74, 6) is 0.128. The summed E-state index contributed by atoms with van der Waals surface area (Å²) in [6.07, 6.45) is -0.761.